The van der Waals surface area contributed by atoms with Crippen LogP contribution in [-0.4, -0.2) is 26.0 Å². The van der Waals surface area contributed by atoms with E-state index in [1.807, 2.05) is 29.4 Å². The summed E-state index contributed by atoms with van der Waals surface area (Å²) in [7, 11) is 1.93. The van der Waals surface area contributed by atoms with Crippen molar-refractivity contribution in [3.8, 4) is 5.82 Å². The van der Waals surface area contributed by atoms with Crippen LogP contribution in [-0.2, 0) is 6.54 Å². The van der Waals surface area contributed by atoms with Gasteiger partial charge in [0.25, 0.3) is 0 Å². The van der Waals surface area contributed by atoms with Crippen LogP contribution in [0.1, 0.15) is 5.69 Å². The van der Waals surface area contributed by atoms with Crippen molar-refractivity contribution in [2.75, 3.05) is 7.05 Å². The predicted molar refractivity (Wildman–Crippen MR) is 63.0 cm³/mol. The Morgan fingerprint density at radius 3 is 3.12 bits per heavy atom. The molecule has 5 nitrogen and oxygen atoms in total. The summed E-state index contributed by atoms with van der Waals surface area (Å²) in [5.41, 5.74) is 1.15. The molecule has 0 bridgehead atoms. The summed E-state index contributed by atoms with van der Waals surface area (Å²) in [6.45, 7) is 0.783. The van der Waals surface area contributed by atoms with Crippen LogP contribution < -0.4 is 5.32 Å². The Labute approximate surface area is 96.4 Å². The molecule has 0 radical (unpaired) electrons. The number of fused-ring (bicyclic) bond motifs is 1. The van der Waals surface area contributed by atoms with Gasteiger partial charge in [-0.2, -0.15) is 0 Å². The zero-order chi connectivity index (χ0) is 11.0. The van der Waals surface area contributed by atoms with Crippen LogP contribution in [0.3, 0.4) is 0 Å². The largest absolute Gasteiger partial charge is 0.314 e. The number of nitrogens with zero attached hydrogens (tertiary/aromatic N) is 4. The van der Waals surface area contributed by atoms with Crippen LogP contribution in [0.2, 0.25) is 0 Å². The molecule has 0 amide bonds. The first-order valence-corrected chi connectivity index (χ1v) is 5.85. The van der Waals surface area contributed by atoms with Gasteiger partial charge in [0, 0.05) is 30.5 Å². The van der Waals surface area contributed by atoms with Gasteiger partial charge in [-0.05, 0) is 7.05 Å². The molecule has 3 rings (SSSR count). The van der Waals surface area contributed by atoms with Gasteiger partial charge in [0.1, 0.15) is 6.33 Å². The highest BCUT2D eigenvalue weighted by molar-refractivity contribution is 7.15. The van der Waals surface area contributed by atoms with Crippen molar-refractivity contribution >= 4 is 16.3 Å². The molecule has 0 aromatic carbocycles. The van der Waals surface area contributed by atoms with E-state index in [-0.39, 0.29) is 0 Å². The zero-order valence-corrected chi connectivity index (χ0v) is 9.61. The maximum Gasteiger partial charge on any atom is 0.195 e. The van der Waals surface area contributed by atoms with E-state index in [9.17, 15) is 0 Å². The van der Waals surface area contributed by atoms with Gasteiger partial charge in [0.05, 0.1) is 5.69 Å². The highest BCUT2D eigenvalue weighted by atomic mass is 32.1. The number of hydrogen-bond donors (Lipinski definition) is 1. The fourth-order valence-electron chi connectivity index (χ4n) is 1.74. The molecule has 0 saturated heterocycles. The smallest absolute Gasteiger partial charge is 0.195 e. The molecule has 0 spiro atoms. The molecule has 0 fully saturated rings. The minimum absolute atomic E-state index is 0.783. The third-order valence-corrected chi connectivity index (χ3v) is 3.19. The monoisotopic (exact) mass is 233 g/mol. The molecule has 6 heteroatoms. The molecule has 3 aromatic rings. The quantitative estimate of drug-likeness (QED) is 0.741. The van der Waals surface area contributed by atoms with Crippen LogP contribution in [0.5, 0.6) is 0 Å². The molecule has 0 aliphatic rings. The normalized spacial score (nSPS) is 11.3. The first kappa shape index (κ1) is 9.56. The minimum Gasteiger partial charge on any atom is -0.314 e. The van der Waals surface area contributed by atoms with Crippen molar-refractivity contribution in [2.24, 2.45) is 0 Å². The zero-order valence-electron chi connectivity index (χ0n) is 8.79. The van der Waals surface area contributed by atoms with Crippen molar-refractivity contribution in [3.05, 3.63) is 36.0 Å². The molecule has 0 saturated carbocycles. The SMILES string of the molecule is CNCc1c(-n2ccnc2)nc2sccn12. The lowest BCUT2D eigenvalue weighted by Crippen LogP contribution is -2.10. The van der Waals surface area contributed by atoms with E-state index in [2.05, 4.69) is 19.7 Å². The van der Waals surface area contributed by atoms with Crippen molar-refractivity contribution in [3.63, 3.8) is 0 Å². The highest BCUT2D eigenvalue weighted by Gasteiger charge is 2.13. The van der Waals surface area contributed by atoms with Crippen LogP contribution in [0.15, 0.2) is 30.3 Å². The number of nitrogens with one attached hydrogen (secondary N) is 1. The molecule has 3 heterocycles. The number of hydrogen-bond acceptors (Lipinski definition) is 4. The lowest BCUT2D eigenvalue weighted by atomic mass is 10.4. The van der Waals surface area contributed by atoms with E-state index in [0.717, 1.165) is 23.0 Å². The second kappa shape index (κ2) is 3.73. The molecule has 3 aromatic heterocycles. The summed E-state index contributed by atoms with van der Waals surface area (Å²) in [6.07, 6.45) is 7.48. The lowest BCUT2D eigenvalue weighted by molar-refractivity contribution is 0.772. The second-order valence-corrected chi connectivity index (χ2v) is 4.31. The van der Waals surface area contributed by atoms with E-state index < -0.39 is 0 Å². The average Bonchev–Trinajstić information content (AvgIpc) is 2.93. The molecule has 0 unspecified atom stereocenters. The Morgan fingerprint density at radius 1 is 1.44 bits per heavy atom. The van der Waals surface area contributed by atoms with Crippen molar-refractivity contribution in [1.29, 1.82) is 0 Å². The van der Waals surface area contributed by atoms with E-state index in [1.54, 1.807) is 23.9 Å². The summed E-state index contributed by atoms with van der Waals surface area (Å²) in [5.74, 6) is 0.943. The summed E-state index contributed by atoms with van der Waals surface area (Å²) in [6, 6.07) is 0. The molecule has 0 atom stereocenters. The van der Waals surface area contributed by atoms with Gasteiger partial charge in [-0.25, -0.2) is 9.97 Å². The molecular weight excluding hydrogens is 222 g/mol. The summed E-state index contributed by atoms with van der Waals surface area (Å²) >= 11 is 1.64. The molecule has 1 N–H and O–H groups in total. The van der Waals surface area contributed by atoms with Gasteiger partial charge >= 0.3 is 0 Å². The van der Waals surface area contributed by atoms with Gasteiger partial charge in [-0.15, -0.1) is 11.3 Å². The van der Waals surface area contributed by atoms with Crippen molar-refractivity contribution in [1.82, 2.24) is 24.3 Å². The standard InChI is InChI=1S/C10H11N5S/c1-11-6-8-9(14-3-2-12-7-14)13-10-15(8)4-5-16-10/h2-5,7,11H,6H2,1H3. The van der Waals surface area contributed by atoms with Gasteiger partial charge in [0.2, 0.25) is 0 Å². The fourth-order valence-corrected chi connectivity index (χ4v) is 2.47. The number of aromatic nitrogens is 4. The van der Waals surface area contributed by atoms with Crippen molar-refractivity contribution < 1.29 is 0 Å². The second-order valence-electron chi connectivity index (χ2n) is 3.44. The van der Waals surface area contributed by atoms with Crippen LogP contribution in [0.25, 0.3) is 10.8 Å². The summed E-state index contributed by atoms with van der Waals surface area (Å²) < 4.78 is 4.04. The van der Waals surface area contributed by atoms with Crippen molar-refractivity contribution in [2.45, 2.75) is 6.54 Å². The van der Waals surface area contributed by atoms with E-state index in [1.165, 1.54) is 0 Å². The number of rotatable bonds is 3. The maximum atomic E-state index is 4.60. The maximum absolute atomic E-state index is 4.60. The molecule has 16 heavy (non-hydrogen) atoms. The van der Waals surface area contributed by atoms with Gasteiger partial charge < -0.3 is 5.32 Å². The molecular formula is C10H11N5S. The molecule has 82 valence electrons. The first-order valence-electron chi connectivity index (χ1n) is 4.97. The van der Waals surface area contributed by atoms with Gasteiger partial charge in [-0.1, -0.05) is 0 Å². The average molecular weight is 233 g/mol. The van der Waals surface area contributed by atoms with E-state index in [0.29, 0.717) is 0 Å². The third kappa shape index (κ3) is 1.35. The Kier molecular flexibility index (Phi) is 2.23. The Bertz CT molecular complexity index is 592. The summed E-state index contributed by atoms with van der Waals surface area (Å²) in [5, 5.41) is 5.21. The van der Waals surface area contributed by atoms with Crippen LogP contribution >= 0.6 is 11.3 Å². The Balaban J connectivity index is 2.22. The number of thiazole rings is 1. The molecule has 0 aliphatic heterocycles. The van der Waals surface area contributed by atoms with E-state index >= 15 is 0 Å². The highest BCUT2D eigenvalue weighted by Crippen LogP contribution is 2.20. The predicted octanol–water partition coefficient (Wildman–Crippen LogP) is 1.30. The van der Waals surface area contributed by atoms with E-state index in [4.69, 9.17) is 0 Å². The Morgan fingerprint density at radius 2 is 2.38 bits per heavy atom. The van der Waals surface area contributed by atoms with Crippen LogP contribution in [0, 0.1) is 0 Å². The van der Waals surface area contributed by atoms with Gasteiger partial charge in [-0.3, -0.25) is 8.97 Å². The number of imidazole rings is 2. The topological polar surface area (TPSA) is 47.2 Å². The summed E-state index contributed by atoms with van der Waals surface area (Å²) in [4.78, 5) is 9.66. The van der Waals surface area contributed by atoms with Gasteiger partial charge in [0.15, 0.2) is 10.8 Å². The Hall–Kier alpha value is -1.66. The van der Waals surface area contributed by atoms with Crippen LogP contribution in [0.4, 0.5) is 0 Å². The third-order valence-electron chi connectivity index (χ3n) is 2.43. The lowest BCUT2D eigenvalue weighted by Gasteiger charge is -2.03. The molecule has 0 aliphatic carbocycles. The first-order chi connectivity index (χ1) is 7.90. The fraction of sp³-hybridized carbons (Fsp3) is 0.200. The minimum atomic E-state index is 0.783.